The molecule has 0 aromatic rings. The van der Waals surface area contributed by atoms with Gasteiger partial charge in [-0.2, -0.15) is 13.2 Å². The van der Waals surface area contributed by atoms with Crippen LogP contribution in [-0.4, -0.2) is 25.3 Å². The SMILES string of the molecule is NCCCCNC1CCC(C(F)(F)F)CC1. The van der Waals surface area contributed by atoms with Gasteiger partial charge in [-0.25, -0.2) is 0 Å². The molecule has 0 atom stereocenters. The van der Waals surface area contributed by atoms with Crippen molar-refractivity contribution in [3.05, 3.63) is 0 Å². The van der Waals surface area contributed by atoms with Gasteiger partial charge in [-0.15, -0.1) is 0 Å². The van der Waals surface area contributed by atoms with E-state index in [1.165, 1.54) is 0 Å². The average Bonchev–Trinajstić information content (AvgIpc) is 2.24. The van der Waals surface area contributed by atoms with Gasteiger partial charge in [0, 0.05) is 6.04 Å². The Hall–Kier alpha value is -0.290. The van der Waals surface area contributed by atoms with Crippen LogP contribution in [0.1, 0.15) is 38.5 Å². The van der Waals surface area contributed by atoms with Crippen molar-refractivity contribution in [1.82, 2.24) is 5.32 Å². The molecular formula is C11H21F3N2. The van der Waals surface area contributed by atoms with E-state index in [2.05, 4.69) is 5.32 Å². The Morgan fingerprint density at radius 3 is 2.19 bits per heavy atom. The molecule has 0 radical (unpaired) electrons. The molecule has 3 N–H and O–H groups in total. The Morgan fingerprint density at radius 1 is 1.06 bits per heavy atom. The van der Waals surface area contributed by atoms with E-state index in [-0.39, 0.29) is 18.9 Å². The first-order valence-electron chi connectivity index (χ1n) is 6.04. The molecule has 1 aliphatic carbocycles. The first kappa shape index (κ1) is 13.8. The third-order valence-corrected chi connectivity index (χ3v) is 3.25. The lowest BCUT2D eigenvalue weighted by atomic mass is 9.85. The van der Waals surface area contributed by atoms with Crippen LogP contribution in [0.2, 0.25) is 0 Å². The van der Waals surface area contributed by atoms with Gasteiger partial charge in [0.2, 0.25) is 0 Å². The Balaban J connectivity index is 2.12. The third kappa shape index (κ3) is 4.70. The molecule has 1 aliphatic rings. The van der Waals surface area contributed by atoms with Crippen molar-refractivity contribution in [3.63, 3.8) is 0 Å². The highest BCUT2D eigenvalue weighted by molar-refractivity contribution is 4.80. The van der Waals surface area contributed by atoms with Crippen LogP contribution >= 0.6 is 0 Å². The van der Waals surface area contributed by atoms with Gasteiger partial charge in [0.25, 0.3) is 0 Å². The van der Waals surface area contributed by atoms with Crippen LogP contribution in [-0.2, 0) is 0 Å². The van der Waals surface area contributed by atoms with Crippen LogP contribution in [0.25, 0.3) is 0 Å². The topological polar surface area (TPSA) is 38.0 Å². The van der Waals surface area contributed by atoms with Gasteiger partial charge in [0.1, 0.15) is 0 Å². The molecule has 0 amide bonds. The molecule has 0 aromatic heterocycles. The minimum atomic E-state index is -4.00. The predicted octanol–water partition coefficient (Wildman–Crippen LogP) is 2.44. The van der Waals surface area contributed by atoms with Gasteiger partial charge in [-0.3, -0.25) is 0 Å². The van der Waals surface area contributed by atoms with Crippen molar-refractivity contribution in [2.24, 2.45) is 11.7 Å². The molecule has 0 aromatic carbocycles. The highest BCUT2D eigenvalue weighted by atomic mass is 19.4. The summed E-state index contributed by atoms with van der Waals surface area (Å²) in [5.41, 5.74) is 5.36. The number of hydrogen-bond acceptors (Lipinski definition) is 2. The fourth-order valence-corrected chi connectivity index (χ4v) is 2.20. The predicted molar refractivity (Wildman–Crippen MR) is 58.1 cm³/mol. The number of alkyl halides is 3. The average molecular weight is 238 g/mol. The monoisotopic (exact) mass is 238 g/mol. The number of halogens is 3. The van der Waals surface area contributed by atoms with Crippen molar-refractivity contribution in [1.29, 1.82) is 0 Å². The molecule has 1 saturated carbocycles. The smallest absolute Gasteiger partial charge is 0.330 e. The molecule has 2 nitrogen and oxygen atoms in total. The van der Waals surface area contributed by atoms with Gasteiger partial charge < -0.3 is 11.1 Å². The number of nitrogens with two attached hydrogens (primary N) is 1. The summed E-state index contributed by atoms with van der Waals surface area (Å²) in [6.45, 7) is 1.56. The largest absolute Gasteiger partial charge is 0.391 e. The van der Waals surface area contributed by atoms with E-state index in [9.17, 15) is 13.2 Å². The maximum absolute atomic E-state index is 12.4. The van der Waals surface area contributed by atoms with Crippen molar-refractivity contribution >= 4 is 0 Å². The van der Waals surface area contributed by atoms with Gasteiger partial charge in [-0.05, 0) is 51.6 Å². The van der Waals surface area contributed by atoms with Crippen LogP contribution in [0.3, 0.4) is 0 Å². The molecule has 16 heavy (non-hydrogen) atoms. The lowest BCUT2D eigenvalue weighted by Crippen LogP contribution is -2.37. The van der Waals surface area contributed by atoms with E-state index in [4.69, 9.17) is 5.73 Å². The summed E-state index contributed by atoms with van der Waals surface area (Å²) >= 11 is 0. The molecule has 1 fully saturated rings. The Labute approximate surface area is 94.8 Å². The van der Waals surface area contributed by atoms with E-state index < -0.39 is 12.1 Å². The zero-order chi connectivity index (χ0) is 12.0. The summed E-state index contributed by atoms with van der Waals surface area (Å²) in [5, 5.41) is 3.31. The maximum atomic E-state index is 12.4. The summed E-state index contributed by atoms with van der Waals surface area (Å²) < 4.78 is 37.2. The second-order valence-electron chi connectivity index (χ2n) is 4.54. The number of unbranched alkanes of at least 4 members (excludes halogenated alkanes) is 1. The van der Waals surface area contributed by atoms with Gasteiger partial charge in [0.15, 0.2) is 0 Å². The normalized spacial score (nSPS) is 27.0. The third-order valence-electron chi connectivity index (χ3n) is 3.25. The van der Waals surface area contributed by atoms with Crippen LogP contribution in [0.4, 0.5) is 13.2 Å². The van der Waals surface area contributed by atoms with Crippen molar-refractivity contribution in [2.75, 3.05) is 13.1 Å². The summed E-state index contributed by atoms with van der Waals surface area (Å²) in [6.07, 6.45) is -0.166. The molecular weight excluding hydrogens is 217 g/mol. The summed E-state index contributed by atoms with van der Waals surface area (Å²) in [5.74, 6) is -1.07. The minimum absolute atomic E-state index is 0.274. The zero-order valence-electron chi connectivity index (χ0n) is 9.52. The molecule has 0 unspecified atom stereocenters. The van der Waals surface area contributed by atoms with Crippen molar-refractivity contribution < 1.29 is 13.2 Å². The minimum Gasteiger partial charge on any atom is -0.330 e. The molecule has 0 heterocycles. The van der Waals surface area contributed by atoms with Gasteiger partial charge in [-0.1, -0.05) is 0 Å². The van der Waals surface area contributed by atoms with E-state index in [0.717, 1.165) is 19.4 Å². The summed E-state index contributed by atoms with van der Waals surface area (Å²) in [4.78, 5) is 0. The molecule has 1 rings (SSSR count). The van der Waals surface area contributed by atoms with E-state index in [1.54, 1.807) is 0 Å². The quantitative estimate of drug-likeness (QED) is 0.722. The summed E-state index contributed by atoms with van der Waals surface area (Å²) in [6, 6.07) is 0.274. The van der Waals surface area contributed by atoms with Crippen LogP contribution < -0.4 is 11.1 Å². The first-order chi connectivity index (χ1) is 7.54. The Bertz CT molecular complexity index is 186. The molecule has 5 heteroatoms. The zero-order valence-corrected chi connectivity index (χ0v) is 9.52. The fourth-order valence-electron chi connectivity index (χ4n) is 2.20. The molecule has 96 valence electrons. The number of rotatable bonds is 5. The molecule has 0 spiro atoms. The van der Waals surface area contributed by atoms with Crippen LogP contribution in [0, 0.1) is 5.92 Å². The lowest BCUT2D eigenvalue weighted by molar-refractivity contribution is -0.182. The fraction of sp³-hybridized carbons (Fsp3) is 1.00. The van der Waals surface area contributed by atoms with Crippen LogP contribution in [0.5, 0.6) is 0 Å². The summed E-state index contributed by atoms with van der Waals surface area (Å²) in [7, 11) is 0. The molecule has 0 saturated heterocycles. The standard InChI is InChI=1S/C11H21F3N2/c12-11(13,14)9-3-5-10(6-4-9)16-8-2-1-7-15/h9-10,16H,1-8,15H2. The number of nitrogens with one attached hydrogen (secondary N) is 1. The molecule has 0 bridgehead atoms. The Kier molecular flexibility index (Phi) is 5.55. The van der Waals surface area contributed by atoms with Crippen molar-refractivity contribution in [2.45, 2.75) is 50.7 Å². The van der Waals surface area contributed by atoms with Crippen LogP contribution in [0.15, 0.2) is 0 Å². The second-order valence-corrected chi connectivity index (χ2v) is 4.54. The molecule has 0 aliphatic heterocycles. The Morgan fingerprint density at radius 2 is 1.69 bits per heavy atom. The van der Waals surface area contributed by atoms with E-state index in [1.807, 2.05) is 0 Å². The maximum Gasteiger partial charge on any atom is 0.391 e. The van der Waals surface area contributed by atoms with E-state index in [0.29, 0.717) is 19.4 Å². The lowest BCUT2D eigenvalue weighted by Gasteiger charge is -2.30. The second kappa shape index (κ2) is 6.45. The van der Waals surface area contributed by atoms with Crippen molar-refractivity contribution in [3.8, 4) is 0 Å². The van der Waals surface area contributed by atoms with Gasteiger partial charge in [0.05, 0.1) is 5.92 Å². The highest BCUT2D eigenvalue weighted by Crippen LogP contribution is 2.37. The van der Waals surface area contributed by atoms with Gasteiger partial charge >= 0.3 is 6.18 Å². The number of hydrogen-bond donors (Lipinski definition) is 2. The highest BCUT2D eigenvalue weighted by Gasteiger charge is 2.41. The first-order valence-corrected chi connectivity index (χ1v) is 6.04. The van der Waals surface area contributed by atoms with E-state index >= 15 is 0 Å².